The summed E-state index contributed by atoms with van der Waals surface area (Å²) in [5, 5.41) is 23.1. The molecule has 0 aliphatic rings. The molecule has 0 fully saturated rings. The number of nitriles is 1. The number of rotatable bonds is 9. The number of amides is 1. The van der Waals surface area contributed by atoms with Gasteiger partial charge in [0.25, 0.3) is 5.91 Å². The number of nitrogens with one attached hydrogen (secondary N) is 2. The molecule has 0 aliphatic heterocycles. The fourth-order valence-electron chi connectivity index (χ4n) is 4.01. The number of carbonyl (C=O) groups is 1. The van der Waals surface area contributed by atoms with Gasteiger partial charge in [0.15, 0.2) is 0 Å². The molecule has 0 saturated heterocycles. The molecule has 4 rings (SSSR count). The standard InChI is InChI=1S/C28H26FN3O3/c1-2-11-35-27-10-8-19(18-7-9-25(29)20(12-18)15-30)14-24(27)28(34)32-22(17-33)13-21-16-31-26-6-4-3-5-23(21)26/h3-10,12,14,16,22,31,33H,2,11,13,17H2,1H3,(H,32,34)/t22-/m1/s1. The van der Waals surface area contributed by atoms with E-state index in [1.165, 1.54) is 12.1 Å². The second-order valence-corrected chi connectivity index (χ2v) is 8.28. The van der Waals surface area contributed by atoms with E-state index in [1.807, 2.05) is 43.5 Å². The Bertz CT molecular complexity index is 1390. The van der Waals surface area contributed by atoms with Crippen LogP contribution in [0.4, 0.5) is 4.39 Å². The Hall–Kier alpha value is -4.15. The summed E-state index contributed by atoms with van der Waals surface area (Å²) < 4.78 is 19.6. The van der Waals surface area contributed by atoms with Crippen molar-refractivity contribution in [2.45, 2.75) is 25.8 Å². The van der Waals surface area contributed by atoms with Gasteiger partial charge in [-0.25, -0.2) is 4.39 Å². The number of aromatic amines is 1. The number of H-pyrrole nitrogens is 1. The second kappa shape index (κ2) is 10.9. The molecule has 3 aromatic carbocycles. The number of aromatic nitrogens is 1. The molecule has 35 heavy (non-hydrogen) atoms. The highest BCUT2D eigenvalue weighted by atomic mass is 19.1. The zero-order valence-corrected chi connectivity index (χ0v) is 19.3. The lowest BCUT2D eigenvalue weighted by molar-refractivity contribution is 0.0912. The molecule has 3 N–H and O–H groups in total. The van der Waals surface area contributed by atoms with E-state index in [-0.39, 0.29) is 18.1 Å². The Labute approximate surface area is 203 Å². The van der Waals surface area contributed by atoms with E-state index >= 15 is 0 Å². The highest BCUT2D eigenvalue weighted by Gasteiger charge is 2.20. The fraction of sp³-hybridized carbons (Fsp3) is 0.214. The summed E-state index contributed by atoms with van der Waals surface area (Å²) in [6.45, 7) is 2.17. The average Bonchev–Trinajstić information content (AvgIpc) is 3.30. The van der Waals surface area contributed by atoms with Crippen LogP contribution in [0, 0.1) is 17.1 Å². The smallest absolute Gasteiger partial charge is 0.255 e. The monoisotopic (exact) mass is 471 g/mol. The van der Waals surface area contributed by atoms with E-state index in [2.05, 4.69) is 10.3 Å². The number of aliphatic hydroxyl groups is 1. The van der Waals surface area contributed by atoms with Crippen LogP contribution >= 0.6 is 0 Å². The number of ether oxygens (including phenoxy) is 1. The summed E-state index contributed by atoms with van der Waals surface area (Å²) in [5.41, 5.74) is 3.47. The Morgan fingerprint density at radius 2 is 1.94 bits per heavy atom. The summed E-state index contributed by atoms with van der Waals surface area (Å²) in [5.74, 6) is -0.570. The number of para-hydroxylation sites is 1. The van der Waals surface area contributed by atoms with Crippen molar-refractivity contribution >= 4 is 16.8 Å². The molecule has 1 atom stereocenters. The van der Waals surface area contributed by atoms with Crippen molar-refractivity contribution in [1.82, 2.24) is 10.3 Å². The molecular formula is C28H26FN3O3. The highest BCUT2D eigenvalue weighted by Crippen LogP contribution is 2.29. The first-order valence-corrected chi connectivity index (χ1v) is 11.5. The van der Waals surface area contributed by atoms with Crippen LogP contribution in [0.2, 0.25) is 0 Å². The molecule has 0 saturated carbocycles. The third-order valence-electron chi connectivity index (χ3n) is 5.80. The van der Waals surface area contributed by atoms with Crippen molar-refractivity contribution in [3.05, 3.63) is 89.4 Å². The van der Waals surface area contributed by atoms with Crippen molar-refractivity contribution in [3.63, 3.8) is 0 Å². The second-order valence-electron chi connectivity index (χ2n) is 8.28. The number of nitrogens with zero attached hydrogens (tertiary/aromatic N) is 1. The predicted molar refractivity (Wildman–Crippen MR) is 133 cm³/mol. The van der Waals surface area contributed by atoms with Crippen LogP contribution in [0.15, 0.2) is 66.9 Å². The molecule has 0 radical (unpaired) electrons. The van der Waals surface area contributed by atoms with Crippen LogP contribution in [-0.2, 0) is 6.42 Å². The quantitative estimate of drug-likeness (QED) is 0.321. The average molecular weight is 472 g/mol. The zero-order valence-electron chi connectivity index (χ0n) is 19.3. The molecule has 0 spiro atoms. The number of fused-ring (bicyclic) bond motifs is 1. The van der Waals surface area contributed by atoms with Gasteiger partial charge < -0.3 is 20.1 Å². The van der Waals surface area contributed by atoms with Crippen LogP contribution in [0.25, 0.3) is 22.0 Å². The van der Waals surface area contributed by atoms with Crippen molar-refractivity contribution in [3.8, 4) is 22.9 Å². The Morgan fingerprint density at radius 1 is 1.17 bits per heavy atom. The zero-order chi connectivity index (χ0) is 24.8. The number of benzene rings is 3. The molecule has 7 heteroatoms. The SMILES string of the molecule is CCCOc1ccc(-c2ccc(F)c(C#N)c2)cc1C(=O)N[C@@H](CO)Cc1c[nH]c2ccccc12. The van der Waals surface area contributed by atoms with Gasteiger partial charge in [-0.15, -0.1) is 0 Å². The molecule has 0 aliphatic carbocycles. The highest BCUT2D eigenvalue weighted by molar-refractivity contribution is 5.98. The summed E-state index contributed by atoms with van der Waals surface area (Å²) >= 11 is 0. The summed E-state index contributed by atoms with van der Waals surface area (Å²) in [4.78, 5) is 16.5. The van der Waals surface area contributed by atoms with E-state index in [0.717, 1.165) is 22.9 Å². The van der Waals surface area contributed by atoms with E-state index in [1.54, 1.807) is 24.3 Å². The largest absolute Gasteiger partial charge is 0.493 e. The number of aliphatic hydroxyl groups excluding tert-OH is 1. The first-order valence-electron chi connectivity index (χ1n) is 11.5. The van der Waals surface area contributed by atoms with E-state index in [9.17, 15) is 19.6 Å². The van der Waals surface area contributed by atoms with Gasteiger partial charge in [-0.05, 0) is 59.9 Å². The molecular weight excluding hydrogens is 445 g/mol. The van der Waals surface area contributed by atoms with Crippen LogP contribution < -0.4 is 10.1 Å². The predicted octanol–water partition coefficient (Wildman–Crippen LogP) is 4.97. The maximum Gasteiger partial charge on any atom is 0.255 e. The van der Waals surface area contributed by atoms with E-state index < -0.39 is 11.9 Å². The van der Waals surface area contributed by atoms with E-state index in [4.69, 9.17) is 4.74 Å². The molecule has 6 nitrogen and oxygen atoms in total. The van der Waals surface area contributed by atoms with Crippen LogP contribution in [-0.4, -0.2) is 35.3 Å². The minimum atomic E-state index is -0.597. The van der Waals surface area contributed by atoms with Gasteiger partial charge in [0, 0.05) is 17.1 Å². The minimum Gasteiger partial charge on any atom is -0.493 e. The molecule has 1 amide bonds. The van der Waals surface area contributed by atoms with Gasteiger partial charge in [-0.2, -0.15) is 5.26 Å². The van der Waals surface area contributed by atoms with Crippen LogP contribution in [0.5, 0.6) is 5.75 Å². The molecule has 178 valence electrons. The molecule has 4 aromatic rings. The van der Waals surface area contributed by atoms with Gasteiger partial charge >= 0.3 is 0 Å². The minimum absolute atomic E-state index is 0.0705. The Morgan fingerprint density at radius 3 is 2.71 bits per heavy atom. The lowest BCUT2D eigenvalue weighted by Gasteiger charge is -2.18. The normalized spacial score (nSPS) is 11.7. The van der Waals surface area contributed by atoms with Crippen molar-refractivity contribution in [2.75, 3.05) is 13.2 Å². The first kappa shape index (κ1) is 24.0. The molecule has 0 unspecified atom stereocenters. The maximum atomic E-state index is 13.8. The van der Waals surface area contributed by atoms with Crippen LogP contribution in [0.3, 0.4) is 0 Å². The molecule has 1 heterocycles. The third-order valence-corrected chi connectivity index (χ3v) is 5.80. The Balaban J connectivity index is 1.62. The Kier molecular flexibility index (Phi) is 7.44. The molecule has 0 bridgehead atoms. The summed E-state index contributed by atoms with van der Waals surface area (Å²) in [6, 6.07) is 18.6. The number of halogens is 1. The van der Waals surface area contributed by atoms with Gasteiger partial charge in [0.2, 0.25) is 0 Å². The summed E-state index contributed by atoms with van der Waals surface area (Å²) in [6.07, 6.45) is 3.10. The summed E-state index contributed by atoms with van der Waals surface area (Å²) in [7, 11) is 0. The third kappa shape index (κ3) is 5.34. The fourth-order valence-corrected chi connectivity index (χ4v) is 4.01. The van der Waals surface area contributed by atoms with Crippen LogP contribution in [0.1, 0.15) is 34.8 Å². The lowest BCUT2D eigenvalue weighted by atomic mass is 9.99. The molecule has 1 aromatic heterocycles. The van der Waals surface area contributed by atoms with Gasteiger partial charge in [-0.1, -0.05) is 37.3 Å². The van der Waals surface area contributed by atoms with Crippen molar-refractivity contribution < 1.29 is 19.0 Å². The number of hydrogen-bond acceptors (Lipinski definition) is 4. The first-order chi connectivity index (χ1) is 17.0. The van der Waals surface area contributed by atoms with Gasteiger partial charge in [0.05, 0.1) is 30.4 Å². The lowest BCUT2D eigenvalue weighted by Crippen LogP contribution is -2.39. The number of carbonyl (C=O) groups excluding carboxylic acids is 1. The van der Waals surface area contributed by atoms with Gasteiger partial charge in [-0.3, -0.25) is 4.79 Å². The van der Waals surface area contributed by atoms with E-state index in [0.29, 0.717) is 35.5 Å². The topological polar surface area (TPSA) is 98.1 Å². The van der Waals surface area contributed by atoms with Crippen molar-refractivity contribution in [2.24, 2.45) is 0 Å². The maximum absolute atomic E-state index is 13.8. The number of hydrogen-bond donors (Lipinski definition) is 3. The van der Waals surface area contributed by atoms with Crippen molar-refractivity contribution in [1.29, 1.82) is 5.26 Å². The van der Waals surface area contributed by atoms with Gasteiger partial charge in [0.1, 0.15) is 17.6 Å².